The second-order valence-corrected chi connectivity index (χ2v) is 11.5. The summed E-state index contributed by atoms with van der Waals surface area (Å²) in [6.07, 6.45) is 0.249. The molecule has 1 atom stereocenters. The van der Waals surface area contributed by atoms with E-state index in [1.807, 2.05) is 6.92 Å². The van der Waals surface area contributed by atoms with Gasteiger partial charge in [0.05, 0.1) is 17.2 Å². The van der Waals surface area contributed by atoms with Gasteiger partial charge in [0.1, 0.15) is 30.0 Å². The number of hydrogen-bond donors (Lipinski definition) is 1. The van der Waals surface area contributed by atoms with E-state index in [0.717, 1.165) is 28.6 Å². The number of sulfonamides is 1. The zero-order valence-corrected chi connectivity index (χ0v) is 24.3. The predicted octanol–water partition coefficient (Wildman–Crippen LogP) is 4.89. The van der Waals surface area contributed by atoms with Gasteiger partial charge in [0.2, 0.25) is 11.8 Å². The molecular formula is C30H35F2N3O5S. The van der Waals surface area contributed by atoms with E-state index in [-0.39, 0.29) is 29.6 Å². The van der Waals surface area contributed by atoms with Crippen molar-refractivity contribution >= 4 is 27.5 Å². The minimum absolute atomic E-state index is 0.0587. The summed E-state index contributed by atoms with van der Waals surface area (Å²) in [4.78, 5) is 28.2. The number of anilines is 1. The number of amides is 2. The van der Waals surface area contributed by atoms with E-state index >= 15 is 0 Å². The predicted molar refractivity (Wildman–Crippen MR) is 153 cm³/mol. The van der Waals surface area contributed by atoms with Crippen LogP contribution in [0, 0.1) is 11.6 Å². The summed E-state index contributed by atoms with van der Waals surface area (Å²) in [5, 5.41) is 2.81. The Labute approximate surface area is 240 Å². The van der Waals surface area contributed by atoms with Gasteiger partial charge in [-0.2, -0.15) is 0 Å². The largest absolute Gasteiger partial charge is 0.494 e. The van der Waals surface area contributed by atoms with Crippen molar-refractivity contribution in [3.05, 3.63) is 90.0 Å². The average Bonchev–Trinajstić information content (AvgIpc) is 2.93. The number of carbonyl (C=O) groups excluding carboxylic acids is 2. The maximum atomic E-state index is 14.0. The lowest BCUT2D eigenvalue weighted by Gasteiger charge is -2.33. The first-order chi connectivity index (χ1) is 19.5. The van der Waals surface area contributed by atoms with Crippen molar-refractivity contribution in [1.29, 1.82) is 0 Å². The molecule has 3 aromatic rings. The van der Waals surface area contributed by atoms with Crippen LogP contribution in [0.5, 0.6) is 5.75 Å². The third-order valence-electron chi connectivity index (χ3n) is 6.20. The molecule has 3 rings (SSSR count). The van der Waals surface area contributed by atoms with Crippen LogP contribution in [0.25, 0.3) is 0 Å². The molecule has 41 heavy (non-hydrogen) atoms. The van der Waals surface area contributed by atoms with Gasteiger partial charge in [0.25, 0.3) is 10.0 Å². The van der Waals surface area contributed by atoms with E-state index in [9.17, 15) is 26.8 Å². The van der Waals surface area contributed by atoms with Crippen LogP contribution in [-0.2, 0) is 26.2 Å². The minimum Gasteiger partial charge on any atom is -0.494 e. The van der Waals surface area contributed by atoms with Crippen LogP contribution in [-0.4, -0.2) is 50.4 Å². The molecule has 0 aliphatic heterocycles. The number of halogens is 2. The maximum Gasteiger partial charge on any atom is 0.264 e. The molecule has 3 aromatic carbocycles. The van der Waals surface area contributed by atoms with Crippen molar-refractivity contribution in [2.24, 2.45) is 0 Å². The quantitative estimate of drug-likeness (QED) is 0.307. The number of nitrogens with zero attached hydrogens (tertiary/aromatic N) is 2. The Hall–Kier alpha value is -3.99. The van der Waals surface area contributed by atoms with Gasteiger partial charge in [0.15, 0.2) is 0 Å². The molecule has 1 N–H and O–H groups in total. The standard InChI is InChI=1S/C30H35F2N3O5S/c1-5-28(30(37)33-21(3)4)34(19-22-7-9-23(31)10-8-22)29(36)20-35(25-13-15-26(16-14-25)40-6-2)41(38,39)27-17-11-24(32)12-18-27/h7-18,21,28H,5-6,19-20H2,1-4H3,(H,33,37)/t28-/m1/s1. The van der Waals surface area contributed by atoms with Crippen molar-refractivity contribution in [2.75, 3.05) is 17.5 Å². The summed E-state index contributed by atoms with van der Waals surface area (Å²) < 4.78 is 61.2. The molecule has 0 aliphatic carbocycles. The fourth-order valence-electron chi connectivity index (χ4n) is 4.22. The summed E-state index contributed by atoms with van der Waals surface area (Å²) in [7, 11) is -4.35. The Morgan fingerprint density at radius 2 is 1.44 bits per heavy atom. The highest BCUT2D eigenvalue weighted by Crippen LogP contribution is 2.27. The lowest BCUT2D eigenvalue weighted by molar-refractivity contribution is -0.140. The molecule has 0 aliphatic rings. The van der Waals surface area contributed by atoms with E-state index in [2.05, 4.69) is 5.32 Å². The topological polar surface area (TPSA) is 96.0 Å². The van der Waals surface area contributed by atoms with Crippen LogP contribution in [0.2, 0.25) is 0 Å². The molecular weight excluding hydrogens is 552 g/mol. The van der Waals surface area contributed by atoms with Gasteiger partial charge < -0.3 is 15.0 Å². The minimum atomic E-state index is -4.35. The zero-order valence-electron chi connectivity index (χ0n) is 23.5. The summed E-state index contributed by atoms with van der Waals surface area (Å²) in [5.74, 6) is -1.61. The third-order valence-corrected chi connectivity index (χ3v) is 7.99. The third kappa shape index (κ3) is 8.26. The zero-order chi connectivity index (χ0) is 30.2. The number of rotatable bonds is 13. The van der Waals surface area contributed by atoms with Gasteiger partial charge >= 0.3 is 0 Å². The monoisotopic (exact) mass is 587 g/mol. The van der Waals surface area contributed by atoms with Gasteiger partial charge in [-0.25, -0.2) is 17.2 Å². The number of ether oxygens (including phenoxy) is 1. The molecule has 0 fully saturated rings. The Morgan fingerprint density at radius 1 is 0.878 bits per heavy atom. The number of benzene rings is 3. The number of nitrogens with one attached hydrogen (secondary N) is 1. The molecule has 0 heterocycles. The summed E-state index contributed by atoms with van der Waals surface area (Å²) in [5.41, 5.74) is 0.733. The first kappa shape index (κ1) is 31.5. The highest BCUT2D eigenvalue weighted by atomic mass is 32.2. The van der Waals surface area contributed by atoms with E-state index in [0.29, 0.717) is 17.9 Å². The first-order valence-corrected chi connectivity index (χ1v) is 14.8. The Morgan fingerprint density at radius 3 is 1.95 bits per heavy atom. The molecule has 0 spiro atoms. The molecule has 0 radical (unpaired) electrons. The van der Waals surface area contributed by atoms with Crippen molar-refractivity contribution in [3.63, 3.8) is 0 Å². The fourth-order valence-corrected chi connectivity index (χ4v) is 5.64. The maximum absolute atomic E-state index is 14.0. The molecule has 220 valence electrons. The van der Waals surface area contributed by atoms with Crippen molar-refractivity contribution in [3.8, 4) is 5.75 Å². The highest BCUT2D eigenvalue weighted by Gasteiger charge is 2.34. The van der Waals surface area contributed by atoms with E-state index in [4.69, 9.17) is 4.74 Å². The van der Waals surface area contributed by atoms with Gasteiger partial charge in [-0.1, -0.05) is 19.1 Å². The van der Waals surface area contributed by atoms with Gasteiger partial charge in [-0.3, -0.25) is 13.9 Å². The Bertz CT molecular complexity index is 1410. The first-order valence-electron chi connectivity index (χ1n) is 13.3. The van der Waals surface area contributed by atoms with Crippen LogP contribution in [0.4, 0.5) is 14.5 Å². The van der Waals surface area contributed by atoms with Crippen LogP contribution < -0.4 is 14.4 Å². The molecule has 2 amide bonds. The van der Waals surface area contributed by atoms with Crippen LogP contribution in [0.1, 0.15) is 39.7 Å². The van der Waals surface area contributed by atoms with Crippen LogP contribution >= 0.6 is 0 Å². The smallest absolute Gasteiger partial charge is 0.264 e. The van der Waals surface area contributed by atoms with Crippen molar-refractivity contribution < 1.29 is 31.5 Å². The highest BCUT2D eigenvalue weighted by molar-refractivity contribution is 7.92. The summed E-state index contributed by atoms with van der Waals surface area (Å²) >= 11 is 0. The van der Waals surface area contributed by atoms with E-state index in [1.165, 1.54) is 41.3 Å². The Kier molecular flexibility index (Phi) is 10.8. The Balaban J connectivity index is 2.06. The van der Waals surface area contributed by atoms with Crippen molar-refractivity contribution in [2.45, 2.75) is 57.6 Å². The normalized spacial score (nSPS) is 12.1. The molecule has 0 bridgehead atoms. The van der Waals surface area contributed by atoms with E-state index < -0.39 is 46.1 Å². The lowest BCUT2D eigenvalue weighted by Crippen LogP contribution is -2.53. The molecule has 0 unspecified atom stereocenters. The second-order valence-electron chi connectivity index (χ2n) is 9.63. The van der Waals surface area contributed by atoms with Gasteiger partial charge in [-0.15, -0.1) is 0 Å². The van der Waals surface area contributed by atoms with Gasteiger partial charge in [-0.05, 0) is 93.4 Å². The van der Waals surface area contributed by atoms with E-state index in [1.54, 1.807) is 32.9 Å². The fraction of sp³-hybridized carbons (Fsp3) is 0.333. The lowest BCUT2D eigenvalue weighted by atomic mass is 10.1. The van der Waals surface area contributed by atoms with Gasteiger partial charge in [0, 0.05) is 12.6 Å². The molecule has 0 saturated heterocycles. The van der Waals surface area contributed by atoms with Crippen molar-refractivity contribution in [1.82, 2.24) is 10.2 Å². The average molecular weight is 588 g/mol. The molecule has 0 saturated carbocycles. The molecule has 11 heteroatoms. The summed E-state index contributed by atoms with van der Waals surface area (Å²) in [6, 6.07) is 14.8. The number of carbonyl (C=O) groups is 2. The summed E-state index contributed by atoms with van der Waals surface area (Å²) in [6.45, 7) is 6.84. The SMILES string of the molecule is CCOc1ccc(N(CC(=O)N(Cc2ccc(F)cc2)[C@H](CC)C(=O)NC(C)C)S(=O)(=O)c2ccc(F)cc2)cc1. The van der Waals surface area contributed by atoms with Crippen LogP contribution in [0.15, 0.2) is 77.7 Å². The molecule has 0 aromatic heterocycles. The molecule has 8 nitrogen and oxygen atoms in total. The van der Waals surface area contributed by atoms with Crippen LogP contribution in [0.3, 0.4) is 0 Å². The second kappa shape index (κ2) is 14.1. The number of hydrogen-bond acceptors (Lipinski definition) is 5.